The van der Waals surface area contributed by atoms with E-state index in [1.807, 2.05) is 24.3 Å². The van der Waals surface area contributed by atoms with Gasteiger partial charge in [0.1, 0.15) is 11.9 Å². The Kier molecular flexibility index (Phi) is 5.95. The fourth-order valence-electron chi connectivity index (χ4n) is 2.36. The summed E-state index contributed by atoms with van der Waals surface area (Å²) in [6.07, 6.45) is -0.735. The highest BCUT2D eigenvalue weighted by molar-refractivity contribution is 5.86. The van der Waals surface area contributed by atoms with Crippen LogP contribution < -0.4 is 4.74 Å². The van der Waals surface area contributed by atoms with E-state index in [0.29, 0.717) is 12.4 Å². The first-order valence-corrected chi connectivity index (χ1v) is 7.38. The summed E-state index contributed by atoms with van der Waals surface area (Å²) in [4.78, 5) is 24.9. The SMILES string of the molecule is COc1cccc(COC(C)C(=O)N2CCOCC2C(=O)O)c1. The van der Waals surface area contributed by atoms with Crippen molar-refractivity contribution >= 4 is 11.9 Å². The van der Waals surface area contributed by atoms with Crippen molar-refractivity contribution in [2.45, 2.75) is 25.7 Å². The predicted octanol–water partition coefficient (Wildman–Crippen LogP) is 0.912. The topological polar surface area (TPSA) is 85.3 Å². The fraction of sp³-hybridized carbons (Fsp3) is 0.500. The van der Waals surface area contributed by atoms with Crippen LogP contribution in [0.5, 0.6) is 5.75 Å². The second-order valence-electron chi connectivity index (χ2n) is 5.27. The normalized spacial score (nSPS) is 19.2. The van der Waals surface area contributed by atoms with Crippen LogP contribution in [0.2, 0.25) is 0 Å². The van der Waals surface area contributed by atoms with Gasteiger partial charge < -0.3 is 24.2 Å². The van der Waals surface area contributed by atoms with Crippen LogP contribution in [0.15, 0.2) is 24.3 Å². The van der Waals surface area contributed by atoms with Crippen molar-refractivity contribution in [3.8, 4) is 5.75 Å². The van der Waals surface area contributed by atoms with E-state index in [4.69, 9.17) is 14.2 Å². The van der Waals surface area contributed by atoms with Gasteiger partial charge in [0, 0.05) is 6.54 Å². The molecule has 0 radical (unpaired) electrons. The summed E-state index contributed by atoms with van der Waals surface area (Å²) >= 11 is 0. The number of methoxy groups -OCH3 is 1. The van der Waals surface area contributed by atoms with Gasteiger partial charge in [-0.3, -0.25) is 4.79 Å². The number of nitrogens with zero attached hydrogens (tertiary/aromatic N) is 1. The molecule has 0 saturated carbocycles. The molecule has 23 heavy (non-hydrogen) atoms. The predicted molar refractivity (Wildman–Crippen MR) is 81.2 cm³/mol. The minimum Gasteiger partial charge on any atom is -0.497 e. The number of rotatable bonds is 6. The van der Waals surface area contributed by atoms with Crippen LogP contribution in [0.1, 0.15) is 12.5 Å². The van der Waals surface area contributed by atoms with Gasteiger partial charge in [0.25, 0.3) is 5.91 Å². The smallest absolute Gasteiger partial charge is 0.328 e. The number of ether oxygens (including phenoxy) is 3. The van der Waals surface area contributed by atoms with Gasteiger partial charge >= 0.3 is 5.97 Å². The van der Waals surface area contributed by atoms with E-state index in [-0.39, 0.29) is 25.7 Å². The summed E-state index contributed by atoms with van der Waals surface area (Å²) in [6, 6.07) is 6.40. The van der Waals surface area contributed by atoms with Gasteiger partial charge in [0.15, 0.2) is 6.04 Å². The molecular formula is C16H21NO6. The van der Waals surface area contributed by atoms with Gasteiger partial charge in [-0.15, -0.1) is 0 Å². The van der Waals surface area contributed by atoms with E-state index in [2.05, 4.69) is 0 Å². The monoisotopic (exact) mass is 323 g/mol. The minimum atomic E-state index is -1.07. The van der Waals surface area contributed by atoms with E-state index in [1.165, 1.54) is 4.90 Å². The average molecular weight is 323 g/mol. The number of carbonyl (C=O) groups excluding carboxylic acids is 1. The summed E-state index contributed by atoms with van der Waals surface area (Å²) < 4.78 is 15.9. The van der Waals surface area contributed by atoms with E-state index in [9.17, 15) is 14.7 Å². The summed E-state index contributed by atoms with van der Waals surface area (Å²) in [5.41, 5.74) is 0.876. The Morgan fingerprint density at radius 3 is 2.96 bits per heavy atom. The molecule has 1 aromatic rings. The van der Waals surface area contributed by atoms with Crippen LogP contribution in [0, 0.1) is 0 Å². The van der Waals surface area contributed by atoms with Crippen molar-refractivity contribution in [2.24, 2.45) is 0 Å². The molecule has 2 unspecified atom stereocenters. The number of hydrogen-bond acceptors (Lipinski definition) is 5. The number of morpholine rings is 1. The van der Waals surface area contributed by atoms with E-state index in [1.54, 1.807) is 14.0 Å². The highest BCUT2D eigenvalue weighted by Crippen LogP contribution is 2.15. The number of aliphatic carboxylic acids is 1. The quantitative estimate of drug-likeness (QED) is 0.838. The molecule has 7 heteroatoms. The fourth-order valence-corrected chi connectivity index (χ4v) is 2.36. The number of carbonyl (C=O) groups is 2. The number of carboxylic acids is 1. The lowest BCUT2D eigenvalue weighted by molar-refractivity contribution is -0.164. The standard InChI is InChI=1S/C16H21NO6/c1-11(23-9-12-4-3-5-13(8-12)21-2)15(18)17-6-7-22-10-14(17)16(19)20/h3-5,8,11,14H,6-7,9-10H2,1-2H3,(H,19,20). The lowest BCUT2D eigenvalue weighted by Gasteiger charge is -2.34. The molecule has 2 atom stereocenters. The Balaban J connectivity index is 1.94. The molecule has 7 nitrogen and oxygen atoms in total. The van der Waals surface area contributed by atoms with Gasteiger partial charge in [-0.25, -0.2) is 4.79 Å². The second-order valence-corrected chi connectivity index (χ2v) is 5.27. The number of benzene rings is 1. The minimum absolute atomic E-state index is 0.00365. The Bertz CT molecular complexity index is 561. The maximum absolute atomic E-state index is 12.4. The molecule has 0 bridgehead atoms. The third kappa shape index (κ3) is 4.43. The Morgan fingerprint density at radius 2 is 2.26 bits per heavy atom. The maximum atomic E-state index is 12.4. The van der Waals surface area contributed by atoms with E-state index < -0.39 is 18.1 Å². The zero-order valence-electron chi connectivity index (χ0n) is 13.2. The first-order valence-electron chi connectivity index (χ1n) is 7.38. The Labute approximate surface area is 134 Å². The van der Waals surface area contributed by atoms with Gasteiger partial charge in [0.2, 0.25) is 0 Å². The van der Waals surface area contributed by atoms with E-state index in [0.717, 1.165) is 5.56 Å². The Hall–Kier alpha value is -2.12. The molecule has 1 aliphatic rings. The maximum Gasteiger partial charge on any atom is 0.328 e. The van der Waals surface area contributed by atoms with Crippen molar-refractivity contribution in [1.29, 1.82) is 0 Å². The van der Waals surface area contributed by atoms with Crippen LogP contribution in [-0.4, -0.2) is 60.9 Å². The van der Waals surface area contributed by atoms with Crippen molar-refractivity contribution in [1.82, 2.24) is 4.90 Å². The first kappa shape index (κ1) is 17.2. The lowest BCUT2D eigenvalue weighted by atomic mass is 10.2. The second kappa shape index (κ2) is 7.94. The van der Waals surface area contributed by atoms with E-state index >= 15 is 0 Å². The molecule has 1 fully saturated rings. The van der Waals surface area contributed by atoms with Gasteiger partial charge in [-0.1, -0.05) is 12.1 Å². The van der Waals surface area contributed by atoms with Crippen LogP contribution in [0.3, 0.4) is 0 Å². The first-order chi connectivity index (χ1) is 11.0. The molecule has 1 N–H and O–H groups in total. The van der Waals surface area contributed by atoms with Gasteiger partial charge in [-0.2, -0.15) is 0 Å². The number of amides is 1. The molecule has 1 amide bonds. The molecular weight excluding hydrogens is 302 g/mol. The summed E-state index contributed by atoms with van der Waals surface area (Å²) in [5, 5.41) is 9.18. The number of carboxylic acid groups (broad SMARTS) is 1. The highest BCUT2D eigenvalue weighted by atomic mass is 16.5. The Morgan fingerprint density at radius 1 is 1.48 bits per heavy atom. The number of hydrogen-bond donors (Lipinski definition) is 1. The zero-order chi connectivity index (χ0) is 16.8. The van der Waals surface area contributed by atoms with Gasteiger partial charge in [0.05, 0.1) is 26.9 Å². The van der Waals surface area contributed by atoms with Crippen molar-refractivity contribution in [2.75, 3.05) is 26.9 Å². The molecule has 0 aromatic heterocycles. The molecule has 1 heterocycles. The molecule has 1 saturated heterocycles. The van der Waals surface area contributed by atoms with Crippen LogP contribution in [-0.2, 0) is 25.7 Å². The summed E-state index contributed by atoms with van der Waals surface area (Å²) in [7, 11) is 1.58. The third-order valence-electron chi connectivity index (χ3n) is 3.68. The molecule has 0 spiro atoms. The van der Waals surface area contributed by atoms with Crippen molar-refractivity contribution in [3.63, 3.8) is 0 Å². The van der Waals surface area contributed by atoms with Crippen LogP contribution in [0.4, 0.5) is 0 Å². The molecule has 1 aromatic carbocycles. The van der Waals surface area contributed by atoms with Crippen molar-refractivity contribution in [3.05, 3.63) is 29.8 Å². The highest BCUT2D eigenvalue weighted by Gasteiger charge is 2.35. The lowest BCUT2D eigenvalue weighted by Crippen LogP contribution is -2.55. The van der Waals surface area contributed by atoms with Gasteiger partial charge in [-0.05, 0) is 24.6 Å². The summed E-state index contributed by atoms with van der Waals surface area (Å²) in [6.45, 7) is 2.45. The third-order valence-corrected chi connectivity index (χ3v) is 3.68. The molecule has 1 aliphatic heterocycles. The van der Waals surface area contributed by atoms with Crippen molar-refractivity contribution < 1.29 is 28.9 Å². The largest absolute Gasteiger partial charge is 0.497 e. The average Bonchev–Trinajstić information content (AvgIpc) is 2.59. The zero-order valence-corrected chi connectivity index (χ0v) is 13.2. The summed E-state index contributed by atoms with van der Waals surface area (Å²) in [5.74, 6) is -0.703. The molecule has 0 aliphatic carbocycles. The molecule has 2 rings (SSSR count). The van der Waals surface area contributed by atoms with Crippen LogP contribution >= 0.6 is 0 Å². The molecule has 126 valence electrons. The van der Waals surface area contributed by atoms with Crippen LogP contribution in [0.25, 0.3) is 0 Å².